The first-order chi connectivity index (χ1) is 8.42. The molecular formula is C12H16F3NO2. The monoisotopic (exact) mass is 263 g/mol. The lowest BCUT2D eigenvalue weighted by atomic mass is 10.2. The fourth-order valence-electron chi connectivity index (χ4n) is 1.41. The van der Waals surface area contributed by atoms with Crippen LogP contribution in [-0.4, -0.2) is 33.0 Å². The van der Waals surface area contributed by atoms with E-state index in [0.29, 0.717) is 6.54 Å². The Labute approximate surface area is 104 Å². The standard InChI is InChI=1S/C12H16F3NO2/c1-9-7-10(17-2)3-4-11(9)16-5-6-18-8-12(13,14)15/h3-4,7,16H,5-6,8H2,1-2H3. The Morgan fingerprint density at radius 2 is 2.00 bits per heavy atom. The van der Waals surface area contributed by atoms with Crippen LogP contribution in [0.1, 0.15) is 5.56 Å². The summed E-state index contributed by atoms with van der Waals surface area (Å²) >= 11 is 0. The summed E-state index contributed by atoms with van der Waals surface area (Å²) in [6.45, 7) is 1.01. The van der Waals surface area contributed by atoms with Gasteiger partial charge >= 0.3 is 6.18 Å². The number of aryl methyl sites for hydroxylation is 1. The molecule has 1 aromatic rings. The Bertz CT molecular complexity index is 380. The Balaban J connectivity index is 2.31. The van der Waals surface area contributed by atoms with Gasteiger partial charge in [0.1, 0.15) is 12.4 Å². The van der Waals surface area contributed by atoms with Crippen LogP contribution in [0.5, 0.6) is 5.75 Å². The molecule has 0 fully saturated rings. The van der Waals surface area contributed by atoms with Crippen LogP contribution < -0.4 is 10.1 Å². The van der Waals surface area contributed by atoms with Gasteiger partial charge < -0.3 is 14.8 Å². The summed E-state index contributed by atoms with van der Waals surface area (Å²) in [6.07, 6.45) is -4.27. The van der Waals surface area contributed by atoms with Crippen molar-refractivity contribution in [1.29, 1.82) is 0 Å². The maximum atomic E-state index is 11.8. The van der Waals surface area contributed by atoms with Crippen molar-refractivity contribution in [3.05, 3.63) is 23.8 Å². The van der Waals surface area contributed by atoms with Crippen molar-refractivity contribution < 1.29 is 22.6 Å². The molecule has 0 saturated carbocycles. The minimum atomic E-state index is -4.27. The molecule has 1 N–H and O–H groups in total. The van der Waals surface area contributed by atoms with Crippen molar-refractivity contribution in [2.24, 2.45) is 0 Å². The Hall–Kier alpha value is -1.43. The summed E-state index contributed by atoms with van der Waals surface area (Å²) in [5.74, 6) is 0.742. The number of ether oxygens (including phenoxy) is 2. The molecule has 0 unspecified atom stereocenters. The van der Waals surface area contributed by atoms with Gasteiger partial charge in [-0.25, -0.2) is 0 Å². The van der Waals surface area contributed by atoms with Gasteiger partial charge in [0.15, 0.2) is 0 Å². The molecule has 0 spiro atoms. The highest BCUT2D eigenvalue weighted by atomic mass is 19.4. The molecule has 3 nitrogen and oxygen atoms in total. The minimum absolute atomic E-state index is 0.00494. The van der Waals surface area contributed by atoms with Gasteiger partial charge in [-0.3, -0.25) is 0 Å². The van der Waals surface area contributed by atoms with Crippen molar-refractivity contribution >= 4 is 5.69 Å². The topological polar surface area (TPSA) is 30.5 Å². The lowest BCUT2D eigenvalue weighted by Crippen LogP contribution is -2.20. The number of nitrogens with one attached hydrogen (secondary N) is 1. The third-order valence-electron chi connectivity index (χ3n) is 2.26. The van der Waals surface area contributed by atoms with Crippen molar-refractivity contribution in [3.63, 3.8) is 0 Å². The zero-order valence-corrected chi connectivity index (χ0v) is 10.3. The van der Waals surface area contributed by atoms with E-state index in [1.807, 2.05) is 19.1 Å². The summed E-state index contributed by atoms with van der Waals surface area (Å²) in [6, 6.07) is 5.45. The molecule has 1 aromatic carbocycles. The van der Waals surface area contributed by atoms with Crippen LogP contribution in [0.4, 0.5) is 18.9 Å². The van der Waals surface area contributed by atoms with E-state index in [9.17, 15) is 13.2 Å². The van der Waals surface area contributed by atoms with E-state index >= 15 is 0 Å². The summed E-state index contributed by atoms with van der Waals surface area (Å²) < 4.78 is 44.9. The number of hydrogen-bond acceptors (Lipinski definition) is 3. The van der Waals surface area contributed by atoms with Gasteiger partial charge in [0.2, 0.25) is 0 Å². The number of hydrogen-bond donors (Lipinski definition) is 1. The molecule has 0 aliphatic carbocycles. The quantitative estimate of drug-likeness (QED) is 0.800. The first-order valence-electron chi connectivity index (χ1n) is 5.45. The Morgan fingerprint density at radius 3 is 2.56 bits per heavy atom. The fraction of sp³-hybridized carbons (Fsp3) is 0.500. The van der Waals surface area contributed by atoms with Crippen LogP contribution in [0, 0.1) is 6.92 Å². The fourth-order valence-corrected chi connectivity index (χ4v) is 1.41. The van der Waals surface area contributed by atoms with Crippen LogP contribution in [-0.2, 0) is 4.74 Å². The van der Waals surface area contributed by atoms with E-state index in [1.165, 1.54) is 0 Å². The highest BCUT2D eigenvalue weighted by molar-refractivity contribution is 5.53. The predicted molar refractivity (Wildman–Crippen MR) is 63.1 cm³/mol. The average Bonchev–Trinajstić information content (AvgIpc) is 2.29. The average molecular weight is 263 g/mol. The Morgan fingerprint density at radius 1 is 1.28 bits per heavy atom. The van der Waals surface area contributed by atoms with Crippen LogP contribution in [0.15, 0.2) is 18.2 Å². The maximum absolute atomic E-state index is 11.8. The zero-order chi connectivity index (χ0) is 13.6. The van der Waals surface area contributed by atoms with E-state index in [0.717, 1.165) is 17.0 Å². The van der Waals surface area contributed by atoms with Gasteiger partial charge in [0.25, 0.3) is 0 Å². The van der Waals surface area contributed by atoms with Gasteiger partial charge in [-0.15, -0.1) is 0 Å². The van der Waals surface area contributed by atoms with Gasteiger partial charge in [0, 0.05) is 12.2 Å². The van der Waals surface area contributed by atoms with E-state index in [1.54, 1.807) is 13.2 Å². The molecule has 0 amide bonds. The highest BCUT2D eigenvalue weighted by Gasteiger charge is 2.27. The SMILES string of the molecule is COc1ccc(NCCOCC(F)(F)F)c(C)c1. The number of rotatable bonds is 6. The van der Waals surface area contributed by atoms with Gasteiger partial charge in [-0.05, 0) is 30.7 Å². The van der Waals surface area contributed by atoms with Crippen molar-refractivity contribution in [3.8, 4) is 5.75 Å². The molecular weight excluding hydrogens is 247 g/mol. The Kier molecular flexibility index (Phi) is 5.27. The summed E-state index contributed by atoms with van der Waals surface area (Å²) in [4.78, 5) is 0. The first kappa shape index (κ1) is 14.6. The molecule has 102 valence electrons. The maximum Gasteiger partial charge on any atom is 0.411 e. The third-order valence-corrected chi connectivity index (χ3v) is 2.26. The molecule has 0 bridgehead atoms. The summed E-state index contributed by atoms with van der Waals surface area (Å²) in [5, 5.41) is 3.00. The molecule has 0 heterocycles. The second-order valence-electron chi connectivity index (χ2n) is 3.78. The highest BCUT2D eigenvalue weighted by Crippen LogP contribution is 2.20. The second-order valence-corrected chi connectivity index (χ2v) is 3.78. The van der Waals surface area contributed by atoms with Crippen molar-refractivity contribution in [2.75, 3.05) is 32.2 Å². The zero-order valence-electron chi connectivity index (χ0n) is 10.3. The third kappa shape index (κ3) is 5.27. The minimum Gasteiger partial charge on any atom is -0.497 e. The van der Waals surface area contributed by atoms with Crippen LogP contribution in [0.3, 0.4) is 0 Å². The number of benzene rings is 1. The van der Waals surface area contributed by atoms with E-state index in [4.69, 9.17) is 4.74 Å². The number of anilines is 1. The first-order valence-corrected chi connectivity index (χ1v) is 5.45. The molecule has 0 aliphatic rings. The molecule has 0 saturated heterocycles. The number of methoxy groups -OCH3 is 1. The van der Waals surface area contributed by atoms with E-state index in [2.05, 4.69) is 10.1 Å². The van der Waals surface area contributed by atoms with Gasteiger partial charge in [0.05, 0.1) is 13.7 Å². The normalized spacial score (nSPS) is 11.4. The lowest BCUT2D eigenvalue weighted by molar-refractivity contribution is -0.172. The molecule has 18 heavy (non-hydrogen) atoms. The summed E-state index contributed by atoms with van der Waals surface area (Å²) in [7, 11) is 1.58. The molecule has 0 radical (unpaired) electrons. The van der Waals surface area contributed by atoms with Gasteiger partial charge in [-0.2, -0.15) is 13.2 Å². The van der Waals surface area contributed by atoms with E-state index in [-0.39, 0.29) is 6.61 Å². The molecule has 1 rings (SSSR count). The van der Waals surface area contributed by atoms with Crippen LogP contribution in [0.25, 0.3) is 0 Å². The largest absolute Gasteiger partial charge is 0.497 e. The number of halogens is 3. The molecule has 0 aliphatic heterocycles. The van der Waals surface area contributed by atoms with Gasteiger partial charge in [-0.1, -0.05) is 0 Å². The lowest BCUT2D eigenvalue weighted by Gasteiger charge is -2.12. The smallest absolute Gasteiger partial charge is 0.411 e. The molecule has 0 atom stereocenters. The number of alkyl halides is 3. The van der Waals surface area contributed by atoms with Crippen molar-refractivity contribution in [1.82, 2.24) is 0 Å². The van der Waals surface area contributed by atoms with Crippen LogP contribution >= 0.6 is 0 Å². The molecule has 6 heteroatoms. The predicted octanol–water partition coefficient (Wildman–Crippen LogP) is 2.99. The second kappa shape index (κ2) is 6.49. The molecule has 0 aromatic heterocycles. The van der Waals surface area contributed by atoms with Crippen LogP contribution in [0.2, 0.25) is 0 Å². The van der Waals surface area contributed by atoms with Crippen molar-refractivity contribution in [2.45, 2.75) is 13.1 Å². The van der Waals surface area contributed by atoms with E-state index < -0.39 is 12.8 Å². The summed E-state index contributed by atoms with van der Waals surface area (Å²) in [5.41, 5.74) is 1.82.